The molecule has 0 bridgehead atoms. The van der Waals surface area contributed by atoms with Crippen LogP contribution in [0.1, 0.15) is 34.1 Å². The van der Waals surface area contributed by atoms with Gasteiger partial charge in [-0.2, -0.15) is 0 Å². The van der Waals surface area contributed by atoms with Crippen molar-refractivity contribution in [2.45, 2.75) is 52.2 Å². The van der Waals surface area contributed by atoms with Crippen LogP contribution in [-0.4, -0.2) is 47.9 Å². The Kier molecular flexibility index (Phi) is 5.05. The van der Waals surface area contributed by atoms with Crippen molar-refractivity contribution < 1.29 is 19.1 Å². The lowest BCUT2D eigenvalue weighted by atomic mass is 10.0. The predicted octanol–water partition coefficient (Wildman–Crippen LogP) is 0.310. The normalized spacial score (nSPS) is 21.4. The van der Waals surface area contributed by atoms with E-state index < -0.39 is 18.1 Å². The molecule has 0 radical (unpaired) electrons. The molecule has 0 aromatic heterocycles. The first kappa shape index (κ1) is 15.6. The van der Waals surface area contributed by atoms with Crippen molar-refractivity contribution in [3.8, 4) is 0 Å². The average Bonchev–Trinajstić information content (AvgIpc) is 2.59. The second-order valence-corrected chi connectivity index (χ2v) is 5.36. The molecule has 1 aliphatic rings. The van der Waals surface area contributed by atoms with Crippen molar-refractivity contribution in [3.63, 3.8) is 0 Å². The van der Waals surface area contributed by atoms with E-state index in [2.05, 4.69) is 5.32 Å². The highest BCUT2D eigenvalue weighted by atomic mass is 16.5. The number of imide groups is 1. The maximum atomic E-state index is 12.1. The number of nitrogens with zero attached hydrogens (tertiary/aromatic N) is 1. The number of methoxy groups -OCH3 is 1. The van der Waals surface area contributed by atoms with Crippen molar-refractivity contribution in [1.82, 2.24) is 10.2 Å². The van der Waals surface area contributed by atoms with Crippen molar-refractivity contribution >= 4 is 17.8 Å². The lowest BCUT2D eigenvalue weighted by Gasteiger charge is -2.24. The van der Waals surface area contributed by atoms with Gasteiger partial charge in [0.1, 0.15) is 6.04 Å². The third-order valence-electron chi connectivity index (χ3n) is 3.20. The lowest BCUT2D eigenvalue weighted by Crippen LogP contribution is -2.50. The molecule has 1 fully saturated rings. The van der Waals surface area contributed by atoms with Crippen LogP contribution in [0, 0.1) is 5.92 Å². The van der Waals surface area contributed by atoms with E-state index >= 15 is 0 Å². The molecule has 6 heteroatoms. The molecule has 1 saturated heterocycles. The highest BCUT2D eigenvalue weighted by molar-refractivity contribution is 6.06. The van der Waals surface area contributed by atoms with Gasteiger partial charge in [0.05, 0.1) is 19.6 Å². The third-order valence-corrected chi connectivity index (χ3v) is 3.20. The molecule has 1 aliphatic heterocycles. The van der Waals surface area contributed by atoms with E-state index in [9.17, 15) is 14.4 Å². The molecule has 108 valence electrons. The molecular formula is C13H22N2O4. The van der Waals surface area contributed by atoms with E-state index in [0.29, 0.717) is 0 Å². The van der Waals surface area contributed by atoms with E-state index in [1.807, 2.05) is 13.8 Å². The van der Waals surface area contributed by atoms with Crippen LogP contribution in [0.15, 0.2) is 0 Å². The summed E-state index contributed by atoms with van der Waals surface area (Å²) in [5.74, 6) is -0.916. The van der Waals surface area contributed by atoms with Crippen molar-refractivity contribution in [2.24, 2.45) is 5.92 Å². The summed E-state index contributed by atoms with van der Waals surface area (Å²) in [7, 11) is 1.31. The smallest absolute Gasteiger partial charge is 0.323 e. The quantitative estimate of drug-likeness (QED) is 0.575. The number of hydrogen-bond donors (Lipinski definition) is 1. The number of hydrogen-bond acceptors (Lipinski definition) is 5. The van der Waals surface area contributed by atoms with E-state index in [-0.39, 0.29) is 30.2 Å². The van der Waals surface area contributed by atoms with Crippen LogP contribution < -0.4 is 5.32 Å². The maximum absolute atomic E-state index is 12.1. The zero-order valence-electron chi connectivity index (χ0n) is 12.1. The van der Waals surface area contributed by atoms with Crippen LogP contribution in [0.5, 0.6) is 0 Å². The standard InChI is InChI=1S/C13H22N2O4/c1-7(2)11(13(18)19-5)14-9-6-10(16)15(8(3)4)12(9)17/h7-9,11,14H,6H2,1-5H3. The van der Waals surface area contributed by atoms with Gasteiger partial charge in [0, 0.05) is 6.04 Å². The molecule has 0 spiro atoms. The van der Waals surface area contributed by atoms with E-state index in [1.54, 1.807) is 13.8 Å². The van der Waals surface area contributed by atoms with Gasteiger partial charge in [-0.15, -0.1) is 0 Å². The molecule has 1 rings (SSSR count). The lowest BCUT2D eigenvalue weighted by molar-refractivity contribution is -0.144. The predicted molar refractivity (Wildman–Crippen MR) is 69.2 cm³/mol. The number of carbonyl (C=O) groups excluding carboxylic acids is 3. The second kappa shape index (κ2) is 6.14. The van der Waals surface area contributed by atoms with Crippen LogP contribution in [0.3, 0.4) is 0 Å². The van der Waals surface area contributed by atoms with Crippen LogP contribution in [-0.2, 0) is 19.1 Å². The number of ether oxygens (including phenoxy) is 1. The van der Waals surface area contributed by atoms with Gasteiger partial charge < -0.3 is 4.74 Å². The minimum absolute atomic E-state index is 0.0246. The summed E-state index contributed by atoms with van der Waals surface area (Å²) in [5, 5.41) is 2.94. The monoisotopic (exact) mass is 270 g/mol. The third kappa shape index (κ3) is 3.32. The number of esters is 1. The van der Waals surface area contributed by atoms with Crippen LogP contribution in [0.4, 0.5) is 0 Å². The summed E-state index contributed by atoms with van der Waals surface area (Å²) >= 11 is 0. The molecule has 0 aromatic rings. The SMILES string of the molecule is COC(=O)C(NC1CC(=O)N(C(C)C)C1=O)C(C)C. The zero-order valence-corrected chi connectivity index (χ0v) is 12.1. The summed E-state index contributed by atoms with van der Waals surface area (Å²) in [6.45, 7) is 7.29. The molecule has 2 amide bonds. The van der Waals surface area contributed by atoms with E-state index in [1.165, 1.54) is 12.0 Å². The Balaban J connectivity index is 2.80. The Bertz CT molecular complexity index is 379. The van der Waals surface area contributed by atoms with Crippen molar-refractivity contribution in [1.29, 1.82) is 0 Å². The summed E-state index contributed by atoms with van der Waals surface area (Å²) in [6, 6.07) is -1.39. The number of carbonyl (C=O) groups is 3. The highest BCUT2D eigenvalue weighted by Gasteiger charge is 2.42. The molecule has 1 heterocycles. The molecule has 19 heavy (non-hydrogen) atoms. The fraction of sp³-hybridized carbons (Fsp3) is 0.769. The molecule has 0 aromatic carbocycles. The second-order valence-electron chi connectivity index (χ2n) is 5.36. The molecule has 0 saturated carbocycles. The van der Waals surface area contributed by atoms with Crippen LogP contribution in [0.2, 0.25) is 0 Å². The Morgan fingerprint density at radius 2 is 1.89 bits per heavy atom. The molecule has 2 atom stereocenters. The molecule has 0 aliphatic carbocycles. The van der Waals surface area contributed by atoms with Gasteiger partial charge in [0.25, 0.3) is 0 Å². The Labute approximate surface area is 113 Å². The maximum Gasteiger partial charge on any atom is 0.323 e. The zero-order chi connectivity index (χ0) is 14.7. The number of nitrogens with one attached hydrogen (secondary N) is 1. The van der Waals surface area contributed by atoms with Gasteiger partial charge >= 0.3 is 5.97 Å². The summed E-state index contributed by atoms with van der Waals surface area (Å²) < 4.78 is 4.71. The van der Waals surface area contributed by atoms with Gasteiger partial charge in [-0.1, -0.05) is 13.8 Å². The number of likely N-dealkylation sites (tertiary alicyclic amines) is 1. The minimum atomic E-state index is -0.638. The number of amides is 2. The Morgan fingerprint density at radius 1 is 1.32 bits per heavy atom. The molecule has 1 N–H and O–H groups in total. The van der Waals surface area contributed by atoms with Crippen molar-refractivity contribution in [3.05, 3.63) is 0 Å². The minimum Gasteiger partial charge on any atom is -0.468 e. The first-order chi connectivity index (χ1) is 8.79. The van der Waals surface area contributed by atoms with Crippen molar-refractivity contribution in [2.75, 3.05) is 7.11 Å². The summed E-state index contributed by atoms with van der Waals surface area (Å²) in [5.41, 5.74) is 0. The first-order valence-corrected chi connectivity index (χ1v) is 6.49. The largest absolute Gasteiger partial charge is 0.468 e. The first-order valence-electron chi connectivity index (χ1n) is 6.49. The summed E-state index contributed by atoms with van der Waals surface area (Å²) in [4.78, 5) is 36.8. The van der Waals surface area contributed by atoms with Gasteiger partial charge in [-0.25, -0.2) is 0 Å². The highest BCUT2D eigenvalue weighted by Crippen LogP contribution is 2.18. The number of rotatable bonds is 5. The average molecular weight is 270 g/mol. The van der Waals surface area contributed by atoms with Crippen LogP contribution >= 0.6 is 0 Å². The van der Waals surface area contributed by atoms with Gasteiger partial charge in [-0.05, 0) is 19.8 Å². The summed E-state index contributed by atoms with van der Waals surface area (Å²) in [6.07, 6.45) is 0.0945. The topological polar surface area (TPSA) is 75.7 Å². The molecule has 2 unspecified atom stereocenters. The fourth-order valence-corrected chi connectivity index (χ4v) is 2.20. The molecular weight excluding hydrogens is 248 g/mol. The Morgan fingerprint density at radius 3 is 2.26 bits per heavy atom. The Hall–Kier alpha value is -1.43. The van der Waals surface area contributed by atoms with Gasteiger partial charge in [0.2, 0.25) is 11.8 Å². The van der Waals surface area contributed by atoms with E-state index in [4.69, 9.17) is 4.74 Å². The fourth-order valence-electron chi connectivity index (χ4n) is 2.20. The van der Waals surface area contributed by atoms with E-state index in [0.717, 1.165) is 0 Å². The van der Waals surface area contributed by atoms with Crippen LogP contribution in [0.25, 0.3) is 0 Å². The molecule has 6 nitrogen and oxygen atoms in total. The van der Waals surface area contributed by atoms with Gasteiger partial charge in [0.15, 0.2) is 0 Å². The van der Waals surface area contributed by atoms with Gasteiger partial charge in [-0.3, -0.25) is 24.6 Å².